The van der Waals surface area contributed by atoms with Gasteiger partial charge in [-0.15, -0.1) is 22.7 Å². The molecule has 86 valence electrons. The summed E-state index contributed by atoms with van der Waals surface area (Å²) in [5, 5.41) is 6.76. The fraction of sp³-hybridized carbons (Fsp3) is 0.154. The Bertz CT molecular complexity index is 518. The topological polar surface area (TPSA) is 29.1 Å². The number of hydrogen-bond acceptors (Lipinski definition) is 3. The lowest BCUT2D eigenvalue weighted by atomic mass is 10.3. The predicted molar refractivity (Wildman–Crippen MR) is 72.2 cm³/mol. The molecular formula is C13H11NOS2. The number of thiophene rings is 2. The second kappa shape index (κ2) is 6.24. The van der Waals surface area contributed by atoms with E-state index in [0.717, 1.165) is 11.3 Å². The lowest BCUT2D eigenvalue weighted by Gasteiger charge is -1.97. The summed E-state index contributed by atoms with van der Waals surface area (Å²) in [5.74, 6) is 5.19. The van der Waals surface area contributed by atoms with Gasteiger partial charge >= 0.3 is 0 Å². The first kappa shape index (κ1) is 11.9. The van der Waals surface area contributed by atoms with Crippen molar-refractivity contribution in [2.45, 2.75) is 6.42 Å². The van der Waals surface area contributed by atoms with Crippen molar-refractivity contribution in [1.82, 2.24) is 5.32 Å². The number of nitrogens with one attached hydrogen (secondary N) is 1. The van der Waals surface area contributed by atoms with Crippen molar-refractivity contribution in [1.29, 1.82) is 0 Å². The molecule has 0 aliphatic rings. The van der Waals surface area contributed by atoms with Crippen molar-refractivity contribution in [3.63, 3.8) is 0 Å². The monoisotopic (exact) mass is 261 g/mol. The quantitative estimate of drug-likeness (QED) is 0.845. The van der Waals surface area contributed by atoms with Crippen LogP contribution >= 0.6 is 22.7 Å². The van der Waals surface area contributed by atoms with Crippen LogP contribution < -0.4 is 5.32 Å². The zero-order valence-corrected chi connectivity index (χ0v) is 10.7. The van der Waals surface area contributed by atoms with Gasteiger partial charge in [0.2, 0.25) is 0 Å². The summed E-state index contributed by atoms with van der Waals surface area (Å²) in [4.78, 5) is 13.6. The Balaban J connectivity index is 1.74. The van der Waals surface area contributed by atoms with Gasteiger partial charge in [0.15, 0.2) is 0 Å². The normalized spacial score (nSPS) is 9.41. The zero-order chi connectivity index (χ0) is 11.9. The molecule has 2 rings (SSSR count). The fourth-order valence-electron chi connectivity index (χ4n) is 1.27. The van der Waals surface area contributed by atoms with Gasteiger partial charge in [-0.3, -0.25) is 4.79 Å². The standard InChI is InChI=1S/C13H11NOS2/c15-13(6-5-11-3-1-9-16-11)14-8-7-12-4-2-10-17-12/h1-4,9-10H,7-8H2,(H,14,15). The van der Waals surface area contributed by atoms with Crippen molar-refractivity contribution in [2.75, 3.05) is 6.54 Å². The van der Waals surface area contributed by atoms with Crippen LogP contribution in [0.4, 0.5) is 0 Å². The van der Waals surface area contributed by atoms with Gasteiger partial charge in [0.1, 0.15) is 0 Å². The van der Waals surface area contributed by atoms with Crippen molar-refractivity contribution in [2.24, 2.45) is 0 Å². The first-order valence-corrected chi connectivity index (χ1v) is 6.96. The fourth-order valence-corrected chi connectivity index (χ4v) is 2.55. The van der Waals surface area contributed by atoms with Gasteiger partial charge in [-0.1, -0.05) is 12.1 Å². The summed E-state index contributed by atoms with van der Waals surface area (Å²) < 4.78 is 0. The molecule has 0 saturated carbocycles. The van der Waals surface area contributed by atoms with Crippen LogP contribution in [0.2, 0.25) is 0 Å². The van der Waals surface area contributed by atoms with E-state index >= 15 is 0 Å². The van der Waals surface area contributed by atoms with E-state index < -0.39 is 0 Å². The molecule has 2 heterocycles. The smallest absolute Gasteiger partial charge is 0.296 e. The second-order valence-electron chi connectivity index (χ2n) is 3.31. The Morgan fingerprint density at radius 2 is 2.06 bits per heavy atom. The van der Waals surface area contributed by atoms with Crippen LogP contribution in [-0.2, 0) is 11.2 Å². The first-order chi connectivity index (χ1) is 8.34. The van der Waals surface area contributed by atoms with E-state index in [0.29, 0.717) is 6.54 Å². The SMILES string of the molecule is O=C(C#Cc1cccs1)NCCc1cccs1. The van der Waals surface area contributed by atoms with Gasteiger partial charge in [0.25, 0.3) is 5.91 Å². The Morgan fingerprint density at radius 3 is 2.76 bits per heavy atom. The van der Waals surface area contributed by atoms with E-state index in [9.17, 15) is 4.79 Å². The summed E-state index contributed by atoms with van der Waals surface area (Å²) in [6.07, 6.45) is 0.865. The van der Waals surface area contributed by atoms with E-state index in [4.69, 9.17) is 0 Å². The molecule has 0 atom stereocenters. The van der Waals surface area contributed by atoms with Crippen molar-refractivity contribution in [3.8, 4) is 11.8 Å². The van der Waals surface area contributed by atoms with Crippen molar-refractivity contribution >= 4 is 28.6 Å². The molecule has 0 radical (unpaired) electrons. The molecule has 0 aliphatic carbocycles. The highest BCUT2D eigenvalue weighted by molar-refractivity contribution is 7.10. The molecular weight excluding hydrogens is 250 g/mol. The van der Waals surface area contributed by atoms with Gasteiger partial charge in [-0.25, -0.2) is 0 Å². The molecule has 0 aromatic carbocycles. The largest absolute Gasteiger partial charge is 0.345 e. The molecule has 4 heteroatoms. The minimum absolute atomic E-state index is 0.213. The molecule has 17 heavy (non-hydrogen) atoms. The highest BCUT2D eigenvalue weighted by Crippen LogP contribution is 2.08. The van der Waals surface area contributed by atoms with Crippen LogP contribution in [0.5, 0.6) is 0 Å². The lowest BCUT2D eigenvalue weighted by molar-refractivity contribution is -0.115. The summed E-state index contributed by atoms with van der Waals surface area (Å²) in [6, 6.07) is 7.90. The summed E-state index contributed by atoms with van der Waals surface area (Å²) >= 11 is 3.24. The van der Waals surface area contributed by atoms with Crippen LogP contribution in [0, 0.1) is 11.8 Å². The molecule has 2 aromatic heterocycles. The number of carbonyl (C=O) groups excluding carboxylic acids is 1. The molecule has 0 spiro atoms. The van der Waals surface area contributed by atoms with E-state index in [-0.39, 0.29) is 5.91 Å². The Labute approximate surface area is 108 Å². The average molecular weight is 261 g/mol. The molecule has 1 amide bonds. The molecule has 0 bridgehead atoms. The van der Waals surface area contributed by atoms with Crippen LogP contribution in [0.1, 0.15) is 9.75 Å². The molecule has 0 aliphatic heterocycles. The van der Waals surface area contributed by atoms with Crippen molar-refractivity contribution < 1.29 is 4.79 Å². The Morgan fingerprint density at radius 1 is 1.24 bits per heavy atom. The first-order valence-electron chi connectivity index (χ1n) is 5.20. The second-order valence-corrected chi connectivity index (χ2v) is 5.29. The number of carbonyl (C=O) groups is 1. The molecule has 1 N–H and O–H groups in total. The minimum Gasteiger partial charge on any atom is -0.345 e. The van der Waals surface area contributed by atoms with Gasteiger partial charge in [-0.2, -0.15) is 0 Å². The third-order valence-electron chi connectivity index (χ3n) is 2.06. The van der Waals surface area contributed by atoms with Crippen LogP contribution in [-0.4, -0.2) is 12.5 Å². The molecule has 0 saturated heterocycles. The van der Waals surface area contributed by atoms with Crippen LogP contribution in [0.15, 0.2) is 35.0 Å². The van der Waals surface area contributed by atoms with Gasteiger partial charge in [0, 0.05) is 17.3 Å². The summed E-state index contributed by atoms with van der Waals surface area (Å²) in [5.41, 5.74) is 0. The summed E-state index contributed by atoms with van der Waals surface area (Å²) in [6.45, 7) is 0.637. The van der Waals surface area contributed by atoms with E-state index in [1.54, 1.807) is 11.3 Å². The summed E-state index contributed by atoms with van der Waals surface area (Å²) in [7, 11) is 0. The number of rotatable bonds is 3. The van der Waals surface area contributed by atoms with Gasteiger partial charge in [-0.05, 0) is 35.2 Å². The molecule has 2 aromatic rings. The maximum Gasteiger partial charge on any atom is 0.296 e. The highest BCUT2D eigenvalue weighted by atomic mass is 32.1. The Kier molecular flexibility index (Phi) is 4.37. The van der Waals surface area contributed by atoms with Crippen molar-refractivity contribution in [3.05, 3.63) is 44.8 Å². The number of hydrogen-bond donors (Lipinski definition) is 1. The molecule has 0 unspecified atom stereocenters. The molecule has 2 nitrogen and oxygen atoms in total. The lowest BCUT2D eigenvalue weighted by Crippen LogP contribution is -2.23. The maximum atomic E-state index is 11.4. The van der Waals surface area contributed by atoms with E-state index in [1.165, 1.54) is 16.2 Å². The predicted octanol–water partition coefficient (Wildman–Crippen LogP) is 2.52. The Hall–Kier alpha value is -1.57. The van der Waals surface area contributed by atoms with Gasteiger partial charge in [0.05, 0.1) is 4.88 Å². The van der Waals surface area contributed by atoms with Crippen LogP contribution in [0.3, 0.4) is 0 Å². The third-order valence-corrected chi connectivity index (χ3v) is 3.78. The number of amides is 1. The van der Waals surface area contributed by atoms with Gasteiger partial charge < -0.3 is 5.32 Å². The average Bonchev–Trinajstić information content (AvgIpc) is 2.99. The van der Waals surface area contributed by atoms with Crippen LogP contribution in [0.25, 0.3) is 0 Å². The minimum atomic E-state index is -0.213. The maximum absolute atomic E-state index is 11.4. The zero-order valence-electron chi connectivity index (χ0n) is 9.10. The highest BCUT2D eigenvalue weighted by Gasteiger charge is 1.97. The molecule has 0 fully saturated rings. The van der Waals surface area contributed by atoms with E-state index in [1.807, 2.05) is 29.0 Å². The van der Waals surface area contributed by atoms with E-state index in [2.05, 4.69) is 23.2 Å². The third kappa shape index (κ3) is 4.06.